The highest BCUT2D eigenvalue weighted by Gasteiger charge is 2.28. The van der Waals surface area contributed by atoms with Crippen molar-refractivity contribution in [1.82, 2.24) is 15.1 Å². The van der Waals surface area contributed by atoms with Gasteiger partial charge in [0.25, 0.3) is 0 Å². The SMILES string of the molecule is CC(C)(C)OC(=O)N1CCC[C@@H](Nc2nnc(Cl)c3ccsc23)C1. The smallest absolute Gasteiger partial charge is 0.410 e. The van der Waals surface area contributed by atoms with Gasteiger partial charge < -0.3 is 15.0 Å². The van der Waals surface area contributed by atoms with Crippen molar-refractivity contribution in [2.75, 3.05) is 18.4 Å². The number of nitrogens with one attached hydrogen (secondary N) is 1. The summed E-state index contributed by atoms with van der Waals surface area (Å²) in [6, 6.07) is 2.06. The van der Waals surface area contributed by atoms with Crippen molar-refractivity contribution in [2.45, 2.75) is 45.3 Å². The second-order valence-corrected chi connectivity index (χ2v) is 8.19. The minimum absolute atomic E-state index is 0.118. The number of thiophene rings is 1. The first-order valence-corrected chi connectivity index (χ1v) is 9.23. The molecule has 1 aliphatic heterocycles. The summed E-state index contributed by atoms with van der Waals surface area (Å²) in [5.41, 5.74) is -0.484. The van der Waals surface area contributed by atoms with E-state index in [2.05, 4.69) is 15.5 Å². The Morgan fingerprint density at radius 3 is 3.00 bits per heavy atom. The highest BCUT2D eigenvalue weighted by Crippen LogP contribution is 2.31. The number of hydrogen-bond acceptors (Lipinski definition) is 6. The molecule has 2 aromatic rings. The fraction of sp³-hybridized carbons (Fsp3) is 0.562. The minimum Gasteiger partial charge on any atom is -0.444 e. The van der Waals surface area contributed by atoms with E-state index in [1.165, 1.54) is 0 Å². The van der Waals surface area contributed by atoms with E-state index in [1.807, 2.05) is 32.2 Å². The zero-order valence-electron chi connectivity index (χ0n) is 14.0. The largest absolute Gasteiger partial charge is 0.444 e. The Balaban J connectivity index is 1.70. The Hall–Kier alpha value is -1.60. The number of halogens is 1. The van der Waals surface area contributed by atoms with Gasteiger partial charge in [0.15, 0.2) is 11.0 Å². The Kier molecular flexibility index (Phi) is 4.83. The normalized spacial score (nSPS) is 18.7. The lowest BCUT2D eigenvalue weighted by Gasteiger charge is -2.34. The molecule has 8 heteroatoms. The van der Waals surface area contributed by atoms with E-state index in [9.17, 15) is 4.79 Å². The predicted molar refractivity (Wildman–Crippen MR) is 96.9 cm³/mol. The van der Waals surface area contributed by atoms with Gasteiger partial charge in [0.05, 0.1) is 4.70 Å². The second-order valence-electron chi connectivity index (χ2n) is 6.91. The monoisotopic (exact) mass is 368 g/mol. The maximum atomic E-state index is 12.3. The molecule has 0 spiro atoms. The molecule has 1 atom stereocenters. The molecule has 2 aromatic heterocycles. The van der Waals surface area contributed by atoms with E-state index in [4.69, 9.17) is 16.3 Å². The highest BCUT2D eigenvalue weighted by atomic mass is 35.5. The van der Waals surface area contributed by atoms with Crippen LogP contribution in [0.4, 0.5) is 10.6 Å². The molecular weight excluding hydrogens is 348 g/mol. The van der Waals surface area contributed by atoms with Crippen molar-refractivity contribution in [2.24, 2.45) is 0 Å². The molecule has 1 N–H and O–H groups in total. The average molecular weight is 369 g/mol. The molecule has 0 unspecified atom stereocenters. The third-order valence-corrected chi connectivity index (χ3v) is 4.95. The van der Waals surface area contributed by atoms with Crippen molar-refractivity contribution in [1.29, 1.82) is 0 Å². The lowest BCUT2D eigenvalue weighted by molar-refractivity contribution is 0.0206. The Morgan fingerprint density at radius 2 is 2.25 bits per heavy atom. The van der Waals surface area contributed by atoms with Crippen LogP contribution in [0.5, 0.6) is 0 Å². The van der Waals surface area contributed by atoms with E-state index in [-0.39, 0.29) is 12.1 Å². The number of anilines is 1. The maximum absolute atomic E-state index is 12.3. The van der Waals surface area contributed by atoms with E-state index < -0.39 is 5.60 Å². The van der Waals surface area contributed by atoms with Crippen LogP contribution in [0.15, 0.2) is 11.4 Å². The Morgan fingerprint density at radius 1 is 1.46 bits per heavy atom. The fourth-order valence-corrected chi connectivity index (χ4v) is 3.82. The number of amides is 1. The summed E-state index contributed by atoms with van der Waals surface area (Å²) in [5.74, 6) is 0.723. The number of rotatable bonds is 2. The Labute approximate surface area is 150 Å². The molecule has 0 saturated carbocycles. The van der Waals surface area contributed by atoms with Crippen LogP contribution >= 0.6 is 22.9 Å². The number of carbonyl (C=O) groups is 1. The van der Waals surface area contributed by atoms with Crippen LogP contribution in [0.25, 0.3) is 10.1 Å². The third-order valence-electron chi connectivity index (χ3n) is 3.75. The van der Waals surface area contributed by atoms with Crippen LogP contribution in [-0.4, -0.2) is 45.9 Å². The molecule has 130 valence electrons. The summed E-state index contributed by atoms with van der Waals surface area (Å²) < 4.78 is 6.46. The van der Waals surface area contributed by atoms with Gasteiger partial charge in [-0.05, 0) is 45.1 Å². The zero-order chi connectivity index (χ0) is 17.3. The van der Waals surface area contributed by atoms with Gasteiger partial charge in [0.2, 0.25) is 0 Å². The zero-order valence-corrected chi connectivity index (χ0v) is 15.6. The topological polar surface area (TPSA) is 67.3 Å². The van der Waals surface area contributed by atoms with Crippen molar-refractivity contribution in [3.63, 3.8) is 0 Å². The van der Waals surface area contributed by atoms with Crippen molar-refractivity contribution in [3.8, 4) is 0 Å². The molecule has 1 saturated heterocycles. The molecule has 3 rings (SSSR count). The number of likely N-dealkylation sites (tertiary alicyclic amines) is 1. The molecule has 24 heavy (non-hydrogen) atoms. The summed E-state index contributed by atoms with van der Waals surface area (Å²) in [4.78, 5) is 14.0. The van der Waals surface area contributed by atoms with Gasteiger partial charge in [-0.3, -0.25) is 0 Å². The van der Waals surface area contributed by atoms with E-state index in [1.54, 1.807) is 16.2 Å². The number of fused-ring (bicyclic) bond motifs is 1. The van der Waals surface area contributed by atoms with Gasteiger partial charge in [-0.1, -0.05) is 11.6 Å². The number of nitrogens with zero attached hydrogens (tertiary/aromatic N) is 3. The molecule has 0 aromatic carbocycles. The molecule has 1 fully saturated rings. The average Bonchev–Trinajstić information content (AvgIpc) is 2.99. The number of piperidine rings is 1. The Bertz CT molecular complexity index is 743. The summed E-state index contributed by atoms with van der Waals surface area (Å²) in [5, 5.41) is 14.9. The number of hydrogen-bond donors (Lipinski definition) is 1. The third kappa shape index (κ3) is 3.89. The van der Waals surface area contributed by atoms with Gasteiger partial charge in [0, 0.05) is 24.5 Å². The van der Waals surface area contributed by atoms with Crippen LogP contribution in [-0.2, 0) is 4.74 Å². The van der Waals surface area contributed by atoms with E-state index >= 15 is 0 Å². The number of aromatic nitrogens is 2. The van der Waals surface area contributed by atoms with E-state index in [0.717, 1.165) is 28.7 Å². The molecule has 1 aliphatic rings. The van der Waals surface area contributed by atoms with Gasteiger partial charge in [-0.2, -0.15) is 0 Å². The molecule has 0 bridgehead atoms. The van der Waals surface area contributed by atoms with Crippen LogP contribution in [0.3, 0.4) is 0 Å². The van der Waals surface area contributed by atoms with Crippen molar-refractivity contribution in [3.05, 3.63) is 16.6 Å². The molecule has 0 radical (unpaired) electrons. The van der Waals surface area contributed by atoms with Crippen LogP contribution < -0.4 is 5.32 Å². The maximum Gasteiger partial charge on any atom is 0.410 e. The van der Waals surface area contributed by atoms with Gasteiger partial charge >= 0.3 is 6.09 Å². The quantitative estimate of drug-likeness (QED) is 0.862. The van der Waals surface area contributed by atoms with Gasteiger partial charge in [-0.25, -0.2) is 4.79 Å². The minimum atomic E-state index is -0.484. The summed E-state index contributed by atoms with van der Waals surface area (Å²) in [7, 11) is 0. The highest BCUT2D eigenvalue weighted by molar-refractivity contribution is 7.17. The lowest BCUT2D eigenvalue weighted by atomic mass is 10.1. The molecule has 6 nitrogen and oxygen atoms in total. The van der Waals surface area contributed by atoms with Gasteiger partial charge in [-0.15, -0.1) is 21.5 Å². The number of carbonyl (C=O) groups excluding carboxylic acids is 1. The summed E-state index contributed by atoms with van der Waals surface area (Å²) in [6.45, 7) is 6.93. The first-order valence-electron chi connectivity index (χ1n) is 7.97. The molecule has 1 amide bonds. The first kappa shape index (κ1) is 17.2. The van der Waals surface area contributed by atoms with Gasteiger partial charge in [0.1, 0.15) is 5.60 Å². The fourth-order valence-electron chi connectivity index (χ4n) is 2.72. The standard InChI is InChI=1S/C16H21ClN4O2S/c1-16(2,3)23-15(22)21-7-4-5-10(9-21)18-14-12-11(6-8-24-12)13(17)19-20-14/h6,8,10H,4-5,7,9H2,1-3H3,(H,18,20)/t10-/m1/s1. The van der Waals surface area contributed by atoms with Crippen LogP contribution in [0, 0.1) is 0 Å². The number of ether oxygens (including phenoxy) is 1. The van der Waals surface area contributed by atoms with Crippen LogP contribution in [0.2, 0.25) is 5.15 Å². The van der Waals surface area contributed by atoms with Crippen molar-refractivity contribution >= 4 is 44.9 Å². The summed E-state index contributed by atoms with van der Waals surface area (Å²) in [6.07, 6.45) is 1.62. The second kappa shape index (κ2) is 6.72. The van der Waals surface area contributed by atoms with Crippen LogP contribution in [0.1, 0.15) is 33.6 Å². The van der Waals surface area contributed by atoms with E-state index in [0.29, 0.717) is 18.2 Å². The van der Waals surface area contributed by atoms with Crippen molar-refractivity contribution < 1.29 is 9.53 Å². The molecular formula is C16H21ClN4O2S. The summed E-state index contributed by atoms with van der Waals surface area (Å²) >= 11 is 7.65. The predicted octanol–water partition coefficient (Wildman–Crippen LogP) is 4.16. The molecule has 0 aliphatic carbocycles. The molecule has 3 heterocycles. The first-order chi connectivity index (χ1) is 11.3. The lowest BCUT2D eigenvalue weighted by Crippen LogP contribution is -2.47.